The molecule has 2 aliphatic rings. The maximum absolute atomic E-state index is 13.7. The second-order valence-electron chi connectivity index (χ2n) is 16.3. The fourth-order valence-electron chi connectivity index (χ4n) is 7.96. The number of nitrogens with one attached hydrogen (secondary N) is 1. The number of carbonyl (C=O) groups excluding carboxylic acids is 2. The van der Waals surface area contributed by atoms with Gasteiger partial charge in [0.2, 0.25) is 0 Å². The summed E-state index contributed by atoms with van der Waals surface area (Å²) in [5.74, 6) is -1.09. The van der Waals surface area contributed by atoms with E-state index < -0.39 is 41.0 Å². The quantitative estimate of drug-likeness (QED) is 0.0408. The number of hydrogen-bond donors (Lipinski definition) is 2. The maximum Gasteiger partial charge on any atom is 0.327 e. The summed E-state index contributed by atoms with van der Waals surface area (Å²) in [6.07, 6.45) is 4.12. The second-order valence-corrected chi connectivity index (χ2v) is 20.8. The van der Waals surface area contributed by atoms with E-state index in [9.17, 15) is 40.4 Å². The molecule has 17 heteroatoms. The third-order valence-electron chi connectivity index (χ3n) is 12.0. The molecule has 4 aromatic rings. The van der Waals surface area contributed by atoms with Crippen LogP contribution in [0, 0.1) is 11.6 Å². The number of sulfone groups is 2. The lowest BCUT2D eigenvalue weighted by Crippen LogP contribution is -2.57. The average molecular weight is 942 g/mol. The molecule has 1 amide bonds. The van der Waals surface area contributed by atoms with Crippen LogP contribution in [-0.4, -0.2) is 99.2 Å². The van der Waals surface area contributed by atoms with Crippen LogP contribution in [0.25, 0.3) is 0 Å². The molecule has 0 aliphatic carbocycles. The van der Waals surface area contributed by atoms with Gasteiger partial charge < -0.3 is 14.2 Å². The predicted molar refractivity (Wildman–Crippen MR) is 242 cm³/mol. The van der Waals surface area contributed by atoms with Gasteiger partial charge in [-0.2, -0.15) is 0 Å². The number of halogens is 2. The van der Waals surface area contributed by atoms with Crippen molar-refractivity contribution in [2.75, 3.05) is 46.0 Å². The van der Waals surface area contributed by atoms with Crippen LogP contribution in [0.5, 0.6) is 11.5 Å². The lowest BCUT2D eigenvalue weighted by Gasteiger charge is -2.39. The summed E-state index contributed by atoms with van der Waals surface area (Å²) in [7, 11) is -8.08. The Labute approximate surface area is 381 Å². The molecule has 0 spiro atoms. The number of unbranched alkanes of at least 4 members (excludes halogenated alkanes) is 2. The minimum atomic E-state index is -4.08. The van der Waals surface area contributed by atoms with Gasteiger partial charge in [0.05, 0.1) is 29.6 Å². The number of carbonyl (C=O) groups is 2. The van der Waals surface area contributed by atoms with Gasteiger partial charge in [-0.25, -0.2) is 31.1 Å². The van der Waals surface area contributed by atoms with Crippen LogP contribution in [0.3, 0.4) is 0 Å². The highest BCUT2D eigenvalue weighted by Gasteiger charge is 2.55. The fraction of sp³-hybridized carbons (Fsp3) is 0.458. The largest absolute Gasteiger partial charge is 0.494 e. The summed E-state index contributed by atoms with van der Waals surface area (Å²) in [5, 5.41) is 9.32. The van der Waals surface area contributed by atoms with E-state index >= 15 is 0 Å². The van der Waals surface area contributed by atoms with E-state index in [2.05, 4.69) is 18.7 Å². The van der Waals surface area contributed by atoms with Gasteiger partial charge in [-0.3, -0.25) is 24.6 Å². The fourth-order valence-corrected chi connectivity index (χ4v) is 11.9. The second kappa shape index (κ2) is 23.5. The molecule has 4 aromatic carbocycles. The smallest absolute Gasteiger partial charge is 0.327 e. The van der Waals surface area contributed by atoms with E-state index in [1.165, 1.54) is 48.5 Å². The van der Waals surface area contributed by atoms with Gasteiger partial charge in [-0.15, -0.1) is 0 Å². The molecule has 0 aromatic heterocycles. The van der Waals surface area contributed by atoms with Gasteiger partial charge in [0.15, 0.2) is 29.2 Å². The van der Waals surface area contributed by atoms with Gasteiger partial charge >= 0.3 is 5.97 Å². The van der Waals surface area contributed by atoms with E-state index in [-0.39, 0.29) is 53.7 Å². The number of likely N-dealkylation sites (tertiary alicyclic amines) is 2. The Kier molecular flexibility index (Phi) is 18.4. The first-order valence-corrected chi connectivity index (χ1v) is 25.1. The molecule has 13 nitrogen and oxygen atoms in total. The Morgan fingerprint density at radius 1 is 0.600 bits per heavy atom. The zero-order valence-electron chi connectivity index (χ0n) is 37.3. The summed E-state index contributed by atoms with van der Waals surface area (Å²) >= 11 is 0. The molecule has 0 bridgehead atoms. The summed E-state index contributed by atoms with van der Waals surface area (Å²) in [6.45, 7) is 9.58. The average Bonchev–Trinajstić information content (AvgIpc) is 3.31. The van der Waals surface area contributed by atoms with E-state index in [0.717, 1.165) is 36.8 Å². The van der Waals surface area contributed by atoms with Crippen molar-refractivity contribution in [3.63, 3.8) is 0 Å². The zero-order chi connectivity index (χ0) is 47.1. The Balaban J connectivity index is 0.000000244. The van der Waals surface area contributed by atoms with Crippen LogP contribution in [0.2, 0.25) is 0 Å². The number of rotatable bonds is 19. The molecule has 2 saturated heterocycles. The topological polar surface area (TPSA) is 169 Å². The van der Waals surface area contributed by atoms with Crippen molar-refractivity contribution in [1.29, 1.82) is 0 Å². The number of hydroxylamine groups is 1. The zero-order valence-corrected chi connectivity index (χ0v) is 39.0. The highest BCUT2D eigenvalue weighted by atomic mass is 32.2. The first-order valence-electron chi connectivity index (χ1n) is 22.1. The highest BCUT2D eigenvalue weighted by Crippen LogP contribution is 2.39. The molecule has 2 heterocycles. The lowest BCUT2D eigenvalue weighted by molar-refractivity contribution is -0.147. The number of amides is 1. The molecule has 0 unspecified atom stereocenters. The van der Waals surface area contributed by atoms with Gasteiger partial charge in [0.1, 0.15) is 23.1 Å². The molecule has 354 valence electrons. The molecule has 6 rings (SSSR count). The van der Waals surface area contributed by atoms with Crippen molar-refractivity contribution < 1.29 is 54.6 Å². The molecule has 2 N–H and O–H groups in total. The first-order chi connectivity index (χ1) is 31.1. The molecule has 0 saturated carbocycles. The van der Waals surface area contributed by atoms with E-state index in [0.29, 0.717) is 64.0 Å². The minimum Gasteiger partial charge on any atom is -0.494 e. The molecular formula is C48H61F2N3O10S2. The monoisotopic (exact) mass is 941 g/mol. The Hall–Kier alpha value is -4.94. The number of hydrogen-bond acceptors (Lipinski definition) is 12. The van der Waals surface area contributed by atoms with Gasteiger partial charge in [-0.05, 0) is 129 Å². The van der Waals surface area contributed by atoms with Gasteiger partial charge in [0, 0.05) is 39.3 Å². The molecule has 2 fully saturated rings. The minimum absolute atomic E-state index is 0.0101. The first kappa shape index (κ1) is 51.1. The lowest BCUT2D eigenvalue weighted by atomic mass is 9.94. The van der Waals surface area contributed by atoms with Crippen LogP contribution in [0.15, 0.2) is 107 Å². The summed E-state index contributed by atoms with van der Waals surface area (Å²) in [5.41, 5.74) is 3.39. The van der Waals surface area contributed by atoms with Crippen molar-refractivity contribution in [3.8, 4) is 11.5 Å². The van der Waals surface area contributed by atoms with E-state index in [1.807, 2.05) is 4.90 Å². The predicted octanol–water partition coefficient (Wildman–Crippen LogP) is 7.69. The molecule has 0 atom stereocenters. The van der Waals surface area contributed by atoms with Crippen LogP contribution in [-0.2, 0) is 47.1 Å². The van der Waals surface area contributed by atoms with Crippen molar-refractivity contribution >= 4 is 31.6 Å². The van der Waals surface area contributed by atoms with Crippen molar-refractivity contribution in [3.05, 3.63) is 120 Å². The van der Waals surface area contributed by atoms with Crippen LogP contribution in [0.4, 0.5) is 8.78 Å². The number of ether oxygens (including phenoxy) is 3. The molecular weight excluding hydrogens is 881 g/mol. The van der Waals surface area contributed by atoms with Crippen LogP contribution < -0.4 is 15.0 Å². The summed E-state index contributed by atoms with van der Waals surface area (Å²) < 4.78 is 93.8. The Bertz CT molecular complexity index is 2350. The van der Waals surface area contributed by atoms with Crippen molar-refractivity contribution in [2.24, 2.45) is 0 Å². The van der Waals surface area contributed by atoms with E-state index in [1.54, 1.807) is 60.9 Å². The third kappa shape index (κ3) is 12.5. The number of piperidine rings is 2. The van der Waals surface area contributed by atoms with Crippen LogP contribution in [0.1, 0.15) is 83.3 Å². The molecule has 2 aliphatic heterocycles. The normalized spacial score (nSPS) is 16.4. The molecule has 0 radical (unpaired) electrons. The van der Waals surface area contributed by atoms with Crippen LogP contribution >= 0.6 is 0 Å². The van der Waals surface area contributed by atoms with Crippen molar-refractivity contribution in [1.82, 2.24) is 15.3 Å². The van der Waals surface area contributed by atoms with E-state index in [4.69, 9.17) is 14.2 Å². The molecule has 65 heavy (non-hydrogen) atoms. The van der Waals surface area contributed by atoms with Gasteiger partial charge in [0.25, 0.3) is 5.91 Å². The summed E-state index contributed by atoms with van der Waals surface area (Å²) in [6, 6.07) is 24.6. The highest BCUT2D eigenvalue weighted by molar-refractivity contribution is 7.94. The third-order valence-corrected chi connectivity index (χ3v) is 17.0. The number of benzene rings is 4. The van der Waals surface area contributed by atoms with Crippen molar-refractivity contribution in [2.45, 2.75) is 105 Å². The standard InChI is InChI=1S/C25H32FNO5S.C23H29FN2O5S/c1-3-5-18-32-22-10-12-23(13-11-22)33(29,30)25(24(28)31-4-2)14-16-27(17-15-25)19-20-6-8-21(26)9-7-20;1-2-3-16-31-20-8-10-21(11-9-20)32(29,30)23(22(27)25-28)12-14-26(15-13-23)17-18-4-6-19(24)7-5-18/h6-13H,3-5,14-19H2,1-2H3;4-11,28H,2-3,12-17H2,1H3,(H,25,27). The maximum atomic E-state index is 13.7. The SMILES string of the molecule is CCCCOc1ccc(S(=O)(=O)C2(C(=O)NO)CCN(Cc3ccc(F)cc3)CC2)cc1.CCCCOc1ccc(S(=O)(=O)C2(C(=O)OCC)CCN(Cc3ccc(F)cc3)CC2)cc1. The Morgan fingerprint density at radius 2 is 0.969 bits per heavy atom. The van der Waals surface area contributed by atoms with Gasteiger partial charge in [-0.1, -0.05) is 51.0 Å². The number of nitrogens with zero attached hydrogens (tertiary/aromatic N) is 2. The Morgan fingerprint density at radius 3 is 1.32 bits per heavy atom. The summed E-state index contributed by atoms with van der Waals surface area (Å²) in [4.78, 5) is 29.8. The number of esters is 1.